The maximum absolute atomic E-state index is 9.25. The molecule has 0 fully saturated rings. The summed E-state index contributed by atoms with van der Waals surface area (Å²) < 4.78 is 5.15. The van der Waals surface area contributed by atoms with Crippen LogP contribution in [0.25, 0.3) is 0 Å². The molecule has 0 aliphatic carbocycles. The average Bonchev–Trinajstić information content (AvgIpc) is 2.99. The number of aliphatic carboxylic acids is 5. The number of hydrogen-bond acceptors (Lipinski definition) is 15. The summed E-state index contributed by atoms with van der Waals surface area (Å²) in [6, 6.07) is 0. The Morgan fingerprint density at radius 3 is 0.721 bits per heavy atom. The SMILES string of the molecule is C=CC(=O)O.C=CC(=O)O.C=CC(=O)[O-].C=CC(=O)[O-].C=CC(=O)[O-].OCC(CO)(CO)COCC(CO)(CO)CO.[Al+3]. The minimum atomic E-state index is -1.23. The van der Waals surface area contributed by atoms with Crippen molar-refractivity contribution in [2.75, 3.05) is 52.9 Å². The van der Waals surface area contributed by atoms with E-state index >= 15 is 0 Å². The quantitative estimate of drug-likeness (QED) is 0.0611. The normalized spacial score (nSPS) is 8.88. The zero-order valence-corrected chi connectivity index (χ0v) is 24.6. The molecule has 8 N–H and O–H groups in total. The average molecular weight is 639 g/mol. The summed E-state index contributed by atoms with van der Waals surface area (Å²) in [6.07, 6.45) is 3.83. The number of carbonyl (C=O) groups excluding carboxylic acids is 3. The molecule has 18 heteroatoms. The summed E-state index contributed by atoms with van der Waals surface area (Å²) in [5.41, 5.74) is -2.32. The van der Waals surface area contributed by atoms with Crippen molar-refractivity contribution >= 4 is 47.2 Å². The van der Waals surface area contributed by atoms with Gasteiger partial charge >= 0.3 is 29.3 Å². The third-order valence-corrected chi connectivity index (χ3v) is 3.68. The number of ether oxygens (including phenoxy) is 1. The standard InChI is InChI=1S/C10H22O7.5C3H4O2.Al/c11-1-9(2-12,3-13)7-17-8-10(4-14,5-15)6-16;5*1-2-3(4)5;/h11-16H,1-8H2;5*2H,1H2,(H,4,5);/q;;;;;;+3/p-3. The van der Waals surface area contributed by atoms with E-state index in [-0.39, 0.29) is 30.6 Å². The van der Waals surface area contributed by atoms with Gasteiger partial charge in [-0.2, -0.15) is 0 Å². The van der Waals surface area contributed by atoms with Crippen LogP contribution in [0.4, 0.5) is 0 Å². The van der Waals surface area contributed by atoms with Crippen LogP contribution in [0, 0.1) is 10.8 Å². The predicted molar refractivity (Wildman–Crippen MR) is 145 cm³/mol. The first-order valence-corrected chi connectivity index (χ1v) is 10.9. The number of carboxylic acid groups (broad SMARTS) is 5. The van der Waals surface area contributed by atoms with Crippen molar-refractivity contribution in [2.24, 2.45) is 10.8 Å². The first-order valence-electron chi connectivity index (χ1n) is 10.9. The Morgan fingerprint density at radius 1 is 0.512 bits per heavy atom. The minimum Gasteiger partial charge on any atom is -0.545 e. The van der Waals surface area contributed by atoms with Crippen LogP contribution in [0.5, 0.6) is 0 Å². The van der Waals surface area contributed by atoms with Gasteiger partial charge in [-0.1, -0.05) is 32.9 Å². The van der Waals surface area contributed by atoms with E-state index < -0.39 is 80.3 Å². The van der Waals surface area contributed by atoms with Gasteiger partial charge in [0, 0.05) is 12.2 Å². The van der Waals surface area contributed by atoms with Crippen LogP contribution in [0.3, 0.4) is 0 Å². The first kappa shape index (κ1) is 55.3. The fourth-order valence-corrected chi connectivity index (χ4v) is 1.06. The van der Waals surface area contributed by atoms with Crippen LogP contribution >= 0.6 is 0 Å². The molecular formula is C25H39AlO17. The predicted octanol–water partition coefficient (Wildman–Crippen LogP) is -6.17. The van der Waals surface area contributed by atoms with Crippen LogP contribution in [0.2, 0.25) is 0 Å². The molecule has 0 aromatic carbocycles. The molecule has 0 aliphatic rings. The molecule has 0 aromatic heterocycles. The maximum atomic E-state index is 9.25. The van der Waals surface area contributed by atoms with E-state index in [1.807, 2.05) is 0 Å². The van der Waals surface area contributed by atoms with E-state index in [2.05, 4.69) is 32.9 Å². The molecule has 0 saturated carbocycles. The van der Waals surface area contributed by atoms with Gasteiger partial charge in [-0.05, 0) is 18.2 Å². The molecule has 0 rings (SSSR count). The van der Waals surface area contributed by atoms with Gasteiger partial charge in [0.25, 0.3) is 0 Å². The van der Waals surface area contributed by atoms with Gasteiger partial charge in [-0.15, -0.1) is 0 Å². The molecule has 0 amide bonds. The van der Waals surface area contributed by atoms with Crippen molar-refractivity contribution in [1.82, 2.24) is 0 Å². The van der Waals surface area contributed by atoms with Crippen LogP contribution < -0.4 is 15.3 Å². The Balaban J connectivity index is -0.0000000822. The molecule has 17 nitrogen and oxygen atoms in total. The molecule has 0 atom stereocenters. The van der Waals surface area contributed by atoms with Gasteiger partial charge < -0.3 is 75.3 Å². The van der Waals surface area contributed by atoms with Gasteiger partial charge in [-0.3, -0.25) is 0 Å². The molecule has 0 radical (unpaired) electrons. The minimum absolute atomic E-state index is 0. The van der Waals surface area contributed by atoms with Crippen molar-refractivity contribution in [3.63, 3.8) is 0 Å². The third-order valence-electron chi connectivity index (χ3n) is 3.68. The molecule has 0 heterocycles. The molecule has 0 unspecified atom stereocenters. The van der Waals surface area contributed by atoms with Crippen LogP contribution in [0.15, 0.2) is 63.3 Å². The summed E-state index contributed by atoms with van der Waals surface area (Å²) in [7, 11) is 0. The van der Waals surface area contributed by atoms with Gasteiger partial charge in [0.2, 0.25) is 0 Å². The summed E-state index contributed by atoms with van der Waals surface area (Å²) >= 11 is 0. The van der Waals surface area contributed by atoms with Crippen molar-refractivity contribution in [2.45, 2.75) is 0 Å². The zero-order chi connectivity index (χ0) is 34.8. The Kier molecular flexibility index (Phi) is 49.2. The zero-order valence-electron chi connectivity index (χ0n) is 23.4. The Hall–Kier alpha value is -3.70. The second-order valence-corrected chi connectivity index (χ2v) is 7.10. The van der Waals surface area contributed by atoms with Crippen LogP contribution in [-0.4, -0.2) is 141 Å². The fraction of sp³-hybridized carbons (Fsp3) is 0.400. The largest absolute Gasteiger partial charge is 3.00 e. The fourth-order valence-electron chi connectivity index (χ4n) is 1.06. The Bertz CT molecular complexity index is 663. The number of carboxylic acids is 5. The molecule has 0 saturated heterocycles. The van der Waals surface area contributed by atoms with E-state index in [0.29, 0.717) is 0 Å². The third kappa shape index (κ3) is 48.4. The number of rotatable bonds is 15. The molecule has 0 aliphatic heterocycles. The van der Waals surface area contributed by atoms with Gasteiger partial charge in [0.05, 0.1) is 81.6 Å². The van der Waals surface area contributed by atoms with Crippen LogP contribution in [0.1, 0.15) is 0 Å². The van der Waals surface area contributed by atoms with Gasteiger partial charge in [-0.25, -0.2) is 9.59 Å². The van der Waals surface area contributed by atoms with E-state index in [1.54, 1.807) is 0 Å². The number of aliphatic hydroxyl groups excluding tert-OH is 6. The molecule has 0 bridgehead atoms. The van der Waals surface area contributed by atoms with Gasteiger partial charge in [0.15, 0.2) is 0 Å². The topological polar surface area (TPSA) is 326 Å². The first-order chi connectivity index (χ1) is 19.4. The molecule has 0 spiro atoms. The maximum Gasteiger partial charge on any atom is 3.00 e. The van der Waals surface area contributed by atoms with Crippen molar-refractivity contribution in [1.29, 1.82) is 0 Å². The second-order valence-electron chi connectivity index (χ2n) is 7.10. The smallest absolute Gasteiger partial charge is 0.545 e. The number of aliphatic hydroxyl groups is 6. The molecule has 0 aromatic rings. The summed E-state index contributed by atoms with van der Waals surface area (Å²) in [4.78, 5) is 45.9. The summed E-state index contributed by atoms with van der Waals surface area (Å²) in [5, 5.41) is 96.8. The van der Waals surface area contributed by atoms with E-state index in [1.165, 1.54) is 0 Å². The van der Waals surface area contributed by atoms with Crippen molar-refractivity contribution in [3.8, 4) is 0 Å². The Labute approximate surface area is 259 Å². The van der Waals surface area contributed by atoms with Gasteiger partial charge in [0.1, 0.15) is 0 Å². The number of carbonyl (C=O) groups is 5. The van der Waals surface area contributed by atoms with E-state index in [0.717, 1.165) is 30.4 Å². The summed E-state index contributed by atoms with van der Waals surface area (Å²) in [5.74, 6) is -5.66. The monoisotopic (exact) mass is 638 g/mol. The molecule has 244 valence electrons. The van der Waals surface area contributed by atoms with Crippen molar-refractivity contribution < 1.29 is 84.9 Å². The Morgan fingerprint density at radius 2 is 0.651 bits per heavy atom. The molecular weight excluding hydrogens is 599 g/mol. The second kappa shape index (κ2) is 38.3. The molecule has 43 heavy (non-hydrogen) atoms. The van der Waals surface area contributed by atoms with Crippen molar-refractivity contribution in [3.05, 3.63) is 63.3 Å². The number of hydrogen-bond donors (Lipinski definition) is 8. The van der Waals surface area contributed by atoms with Crippen LogP contribution in [-0.2, 0) is 28.7 Å². The summed E-state index contributed by atoms with van der Waals surface area (Å²) in [6.45, 7) is 11.6. The van der Waals surface area contributed by atoms with E-state index in [9.17, 15) is 9.59 Å². The van der Waals surface area contributed by atoms with E-state index in [4.69, 9.17) is 75.3 Å².